The van der Waals surface area contributed by atoms with Crippen molar-refractivity contribution in [1.29, 1.82) is 0 Å². The number of carbonyl (C=O) groups excluding carboxylic acids is 1. The maximum atomic E-state index is 11.3. The van der Waals surface area contributed by atoms with E-state index in [1.807, 2.05) is 0 Å². The summed E-state index contributed by atoms with van der Waals surface area (Å²) in [6.07, 6.45) is -0.920. The van der Waals surface area contributed by atoms with Gasteiger partial charge in [-0.2, -0.15) is 0 Å². The summed E-state index contributed by atoms with van der Waals surface area (Å²) in [5, 5.41) is 19.9. The average molecular weight is 191 g/mol. The molecule has 1 atom stereocenters. The zero-order valence-corrected chi connectivity index (χ0v) is 8.20. The topological polar surface area (TPSA) is 78.8 Å². The molecule has 3 N–H and O–H groups in total. The van der Waals surface area contributed by atoms with E-state index >= 15 is 0 Å². The molecule has 0 aliphatic rings. The van der Waals surface area contributed by atoms with Gasteiger partial charge in [-0.3, -0.25) is 4.79 Å². The van der Waals surface area contributed by atoms with Gasteiger partial charge in [-0.15, -0.1) is 0 Å². The molecule has 0 aromatic heterocycles. The number of aliphatic hydroxyl groups is 2. The van der Waals surface area contributed by atoms with Crippen LogP contribution in [0.2, 0.25) is 0 Å². The molecule has 5 nitrogen and oxygen atoms in total. The first-order chi connectivity index (χ1) is 5.94. The van der Waals surface area contributed by atoms with Crippen LogP contribution >= 0.6 is 0 Å². The summed E-state index contributed by atoms with van der Waals surface area (Å²) in [6, 6.07) is 0. The van der Waals surface area contributed by atoms with Crippen LogP contribution in [0.3, 0.4) is 0 Å². The van der Waals surface area contributed by atoms with Gasteiger partial charge in [0, 0.05) is 13.7 Å². The lowest BCUT2D eigenvalue weighted by Gasteiger charge is -2.22. The van der Waals surface area contributed by atoms with Crippen LogP contribution in [0.15, 0.2) is 0 Å². The van der Waals surface area contributed by atoms with Gasteiger partial charge in [0.2, 0.25) is 0 Å². The van der Waals surface area contributed by atoms with Gasteiger partial charge in [-0.05, 0) is 13.8 Å². The van der Waals surface area contributed by atoms with Crippen LogP contribution in [0, 0.1) is 0 Å². The van der Waals surface area contributed by atoms with E-state index in [2.05, 4.69) is 5.32 Å². The van der Waals surface area contributed by atoms with E-state index in [4.69, 9.17) is 14.9 Å². The quantitative estimate of drug-likeness (QED) is 0.514. The maximum absolute atomic E-state index is 11.3. The predicted molar refractivity (Wildman–Crippen MR) is 47.2 cm³/mol. The molecule has 0 aliphatic carbocycles. The molecular weight excluding hydrogens is 174 g/mol. The molecule has 0 aromatic carbocycles. The molecule has 78 valence electrons. The third-order valence-electron chi connectivity index (χ3n) is 1.77. The minimum absolute atomic E-state index is 0.0299. The number of methoxy groups -OCH3 is 1. The van der Waals surface area contributed by atoms with Crippen molar-refractivity contribution < 1.29 is 19.7 Å². The Morgan fingerprint density at radius 3 is 2.54 bits per heavy atom. The second-order valence-electron chi connectivity index (χ2n) is 3.26. The Labute approximate surface area is 77.7 Å². The number of nitrogens with one attached hydrogen (secondary N) is 1. The van der Waals surface area contributed by atoms with Crippen LogP contribution in [0.4, 0.5) is 0 Å². The molecule has 0 rings (SSSR count). The molecule has 0 bridgehead atoms. The normalized spacial score (nSPS) is 13.9. The Hall–Kier alpha value is -0.650. The highest BCUT2D eigenvalue weighted by Crippen LogP contribution is 2.06. The standard InChI is InChI=1S/C8H17NO4/c1-8(2,13-3)7(12)9-4-6(11)5-10/h6,10-11H,4-5H2,1-3H3,(H,9,12). The molecule has 0 spiro atoms. The third-order valence-corrected chi connectivity index (χ3v) is 1.77. The fourth-order valence-electron chi connectivity index (χ4n) is 0.581. The smallest absolute Gasteiger partial charge is 0.251 e. The number of aliphatic hydroxyl groups excluding tert-OH is 2. The van der Waals surface area contributed by atoms with Crippen molar-refractivity contribution in [3.05, 3.63) is 0 Å². The fraction of sp³-hybridized carbons (Fsp3) is 0.875. The van der Waals surface area contributed by atoms with E-state index < -0.39 is 11.7 Å². The average Bonchev–Trinajstić information content (AvgIpc) is 2.13. The summed E-state index contributed by atoms with van der Waals surface area (Å²) in [5.41, 5.74) is -0.908. The summed E-state index contributed by atoms with van der Waals surface area (Å²) in [6.45, 7) is 2.90. The van der Waals surface area contributed by atoms with Crippen LogP contribution in [0.1, 0.15) is 13.8 Å². The summed E-state index contributed by atoms with van der Waals surface area (Å²) in [7, 11) is 1.43. The van der Waals surface area contributed by atoms with Crippen molar-refractivity contribution in [1.82, 2.24) is 5.32 Å². The highest BCUT2D eigenvalue weighted by molar-refractivity contribution is 5.84. The predicted octanol–water partition coefficient (Wildman–Crippen LogP) is -1.12. The fourth-order valence-corrected chi connectivity index (χ4v) is 0.581. The van der Waals surface area contributed by atoms with Crippen LogP contribution in [0.25, 0.3) is 0 Å². The van der Waals surface area contributed by atoms with Gasteiger partial charge in [0.1, 0.15) is 5.60 Å². The molecule has 0 aliphatic heterocycles. The first kappa shape index (κ1) is 12.3. The molecule has 5 heteroatoms. The lowest BCUT2D eigenvalue weighted by Crippen LogP contribution is -2.46. The molecule has 0 fully saturated rings. The number of carbonyl (C=O) groups is 1. The Bertz CT molecular complexity index is 170. The summed E-state index contributed by atoms with van der Waals surface area (Å²) in [5.74, 6) is -0.317. The zero-order chi connectivity index (χ0) is 10.5. The van der Waals surface area contributed by atoms with E-state index in [0.29, 0.717) is 0 Å². The van der Waals surface area contributed by atoms with Crippen LogP contribution < -0.4 is 5.32 Å². The minimum atomic E-state index is -0.920. The van der Waals surface area contributed by atoms with E-state index in [0.717, 1.165) is 0 Å². The third kappa shape index (κ3) is 4.21. The lowest BCUT2D eigenvalue weighted by molar-refractivity contribution is -0.140. The molecule has 0 aromatic rings. The van der Waals surface area contributed by atoms with Crippen molar-refractivity contribution in [2.45, 2.75) is 25.6 Å². The van der Waals surface area contributed by atoms with Gasteiger partial charge in [0.15, 0.2) is 0 Å². The van der Waals surface area contributed by atoms with Crippen molar-refractivity contribution in [2.24, 2.45) is 0 Å². The largest absolute Gasteiger partial charge is 0.394 e. The van der Waals surface area contributed by atoms with Gasteiger partial charge < -0.3 is 20.3 Å². The second kappa shape index (κ2) is 5.16. The van der Waals surface area contributed by atoms with E-state index in [9.17, 15) is 4.79 Å². The van der Waals surface area contributed by atoms with Crippen LogP contribution in [-0.4, -0.2) is 48.1 Å². The number of hydrogen-bond acceptors (Lipinski definition) is 4. The Morgan fingerprint density at radius 2 is 2.15 bits per heavy atom. The molecule has 0 heterocycles. The monoisotopic (exact) mass is 191 g/mol. The van der Waals surface area contributed by atoms with Gasteiger partial charge in [0.25, 0.3) is 5.91 Å². The van der Waals surface area contributed by atoms with Crippen LogP contribution in [0.5, 0.6) is 0 Å². The number of ether oxygens (including phenoxy) is 1. The number of amides is 1. The molecule has 1 unspecified atom stereocenters. The highest BCUT2D eigenvalue weighted by atomic mass is 16.5. The van der Waals surface area contributed by atoms with E-state index in [-0.39, 0.29) is 19.1 Å². The maximum Gasteiger partial charge on any atom is 0.251 e. The Kier molecular flexibility index (Phi) is 4.90. The van der Waals surface area contributed by atoms with Gasteiger partial charge in [-0.1, -0.05) is 0 Å². The molecular formula is C8H17NO4. The first-order valence-corrected chi connectivity index (χ1v) is 4.06. The van der Waals surface area contributed by atoms with Gasteiger partial charge >= 0.3 is 0 Å². The van der Waals surface area contributed by atoms with Crippen molar-refractivity contribution in [3.8, 4) is 0 Å². The van der Waals surface area contributed by atoms with Crippen molar-refractivity contribution in [3.63, 3.8) is 0 Å². The zero-order valence-electron chi connectivity index (χ0n) is 8.20. The summed E-state index contributed by atoms with van der Waals surface area (Å²) >= 11 is 0. The number of hydrogen-bond donors (Lipinski definition) is 3. The second-order valence-corrected chi connectivity index (χ2v) is 3.26. The minimum Gasteiger partial charge on any atom is -0.394 e. The van der Waals surface area contributed by atoms with Crippen molar-refractivity contribution in [2.75, 3.05) is 20.3 Å². The molecule has 0 saturated heterocycles. The lowest BCUT2D eigenvalue weighted by atomic mass is 10.1. The van der Waals surface area contributed by atoms with Crippen molar-refractivity contribution >= 4 is 5.91 Å². The summed E-state index contributed by atoms with van der Waals surface area (Å²) in [4.78, 5) is 11.3. The Morgan fingerprint density at radius 1 is 1.62 bits per heavy atom. The molecule has 1 amide bonds. The first-order valence-electron chi connectivity index (χ1n) is 4.06. The Balaban J connectivity index is 3.88. The SMILES string of the molecule is COC(C)(C)C(=O)NCC(O)CO. The van der Waals surface area contributed by atoms with Gasteiger partial charge in [0.05, 0.1) is 12.7 Å². The summed E-state index contributed by atoms with van der Waals surface area (Å²) < 4.78 is 4.91. The van der Waals surface area contributed by atoms with E-state index in [1.54, 1.807) is 13.8 Å². The van der Waals surface area contributed by atoms with Gasteiger partial charge in [-0.25, -0.2) is 0 Å². The molecule has 0 saturated carbocycles. The molecule has 0 radical (unpaired) electrons. The molecule has 13 heavy (non-hydrogen) atoms. The van der Waals surface area contributed by atoms with E-state index in [1.165, 1.54) is 7.11 Å². The number of rotatable bonds is 5. The highest BCUT2D eigenvalue weighted by Gasteiger charge is 2.26. The van der Waals surface area contributed by atoms with Crippen LogP contribution in [-0.2, 0) is 9.53 Å².